The number of rotatable bonds is 4. The molecule has 0 aromatic heterocycles. The second kappa shape index (κ2) is 12.3. The maximum atomic E-state index is 11.9. The van der Waals surface area contributed by atoms with Gasteiger partial charge in [0.1, 0.15) is 0 Å². The van der Waals surface area contributed by atoms with E-state index in [9.17, 15) is 9.59 Å². The minimum Gasteiger partial charge on any atom is -0.369 e. The molecule has 184 valence electrons. The van der Waals surface area contributed by atoms with Crippen molar-refractivity contribution in [1.82, 2.24) is 20.4 Å². The molecule has 1 heterocycles. The largest absolute Gasteiger partial charge is 0.369 e. The summed E-state index contributed by atoms with van der Waals surface area (Å²) < 4.78 is 0. The van der Waals surface area contributed by atoms with Gasteiger partial charge in [0.25, 0.3) is 0 Å². The number of hydrogen-bond acceptors (Lipinski definition) is 6. The average molecular weight is 451 g/mol. The van der Waals surface area contributed by atoms with Gasteiger partial charge >= 0.3 is 0 Å². The number of nitrogens with one attached hydrogen (secondary N) is 2. The molecule has 8 heteroatoms. The van der Waals surface area contributed by atoms with E-state index >= 15 is 0 Å². The van der Waals surface area contributed by atoms with Crippen LogP contribution in [0.3, 0.4) is 0 Å². The Balaban J connectivity index is 1.80. The van der Waals surface area contributed by atoms with Crippen molar-refractivity contribution in [3.63, 3.8) is 0 Å². The summed E-state index contributed by atoms with van der Waals surface area (Å²) in [7, 11) is 0. The molecule has 0 bridgehead atoms. The second-order valence-electron chi connectivity index (χ2n) is 10.5. The molecule has 2 aliphatic carbocycles. The van der Waals surface area contributed by atoms with E-state index in [0.29, 0.717) is 49.3 Å². The molecule has 3 fully saturated rings. The molecule has 3 rings (SSSR count). The van der Waals surface area contributed by atoms with E-state index in [0.717, 1.165) is 51.6 Å². The molecular formula is C24H46N6O2. The van der Waals surface area contributed by atoms with Gasteiger partial charge in [-0.1, -0.05) is 25.7 Å². The highest BCUT2D eigenvalue weighted by molar-refractivity contribution is 5.76. The Bertz CT molecular complexity index is 565. The standard InChI is InChI=1S/C24H46N6O2/c1-17-11-13-29(15-23(25)31)22-10-6-4-8-20(22)28-18(2)12-14-30(16-24(26)32)21-9-5-3-7-19(21)27-17/h17-22,27-28H,3-16H2,1-2H3,(H2,25,31)(H2,26,32)/t17-,18+,19-,20+,21-,22+. The molecule has 2 saturated carbocycles. The van der Waals surface area contributed by atoms with Crippen molar-refractivity contribution in [3.8, 4) is 0 Å². The second-order valence-corrected chi connectivity index (χ2v) is 10.5. The van der Waals surface area contributed by atoms with Gasteiger partial charge in [0, 0.05) is 49.3 Å². The third kappa shape index (κ3) is 7.40. The van der Waals surface area contributed by atoms with Crippen LogP contribution in [0.5, 0.6) is 0 Å². The summed E-state index contributed by atoms with van der Waals surface area (Å²) in [5.74, 6) is -0.475. The van der Waals surface area contributed by atoms with E-state index in [1.54, 1.807) is 0 Å². The highest BCUT2D eigenvalue weighted by Gasteiger charge is 2.35. The highest BCUT2D eigenvalue weighted by atomic mass is 16.1. The summed E-state index contributed by atoms with van der Waals surface area (Å²) in [6, 6.07) is 2.11. The molecular weight excluding hydrogens is 404 g/mol. The molecule has 3 aliphatic rings. The Labute approximate surface area is 194 Å². The molecule has 0 aromatic carbocycles. The molecule has 1 saturated heterocycles. The van der Waals surface area contributed by atoms with E-state index in [-0.39, 0.29) is 11.8 Å². The van der Waals surface area contributed by atoms with Gasteiger partial charge in [0.15, 0.2) is 0 Å². The lowest BCUT2D eigenvalue weighted by Crippen LogP contribution is -2.59. The van der Waals surface area contributed by atoms with Gasteiger partial charge < -0.3 is 22.1 Å². The predicted octanol–water partition coefficient (Wildman–Crippen LogP) is 0.933. The van der Waals surface area contributed by atoms with Gasteiger partial charge in [-0.3, -0.25) is 19.4 Å². The molecule has 0 radical (unpaired) electrons. The molecule has 1 aliphatic heterocycles. The zero-order valence-electron chi connectivity index (χ0n) is 20.2. The summed E-state index contributed by atoms with van der Waals surface area (Å²) in [5.41, 5.74) is 11.3. The molecule has 0 spiro atoms. The zero-order valence-corrected chi connectivity index (χ0v) is 20.2. The molecule has 8 nitrogen and oxygen atoms in total. The minimum atomic E-state index is -0.237. The molecule has 6 atom stereocenters. The van der Waals surface area contributed by atoms with Gasteiger partial charge in [-0.2, -0.15) is 0 Å². The van der Waals surface area contributed by atoms with Crippen molar-refractivity contribution in [1.29, 1.82) is 0 Å². The first kappa shape index (κ1) is 25.4. The predicted molar refractivity (Wildman–Crippen MR) is 128 cm³/mol. The number of nitrogens with zero attached hydrogens (tertiary/aromatic N) is 2. The van der Waals surface area contributed by atoms with E-state index < -0.39 is 0 Å². The first-order valence-corrected chi connectivity index (χ1v) is 12.9. The number of carbonyl (C=O) groups excluding carboxylic acids is 2. The SMILES string of the molecule is C[C@@H]1CCN(CC(N)=O)[C@H]2CCCC[C@@H]2N[C@@H](C)CCN(CC(N)=O)[C@@H]2CCCC[C@H]2N1. The van der Waals surface area contributed by atoms with Gasteiger partial charge in [0.2, 0.25) is 11.8 Å². The summed E-state index contributed by atoms with van der Waals surface area (Å²) in [4.78, 5) is 28.4. The van der Waals surface area contributed by atoms with E-state index in [4.69, 9.17) is 11.5 Å². The topological polar surface area (TPSA) is 117 Å². The average Bonchev–Trinajstić information content (AvgIpc) is 2.74. The lowest BCUT2D eigenvalue weighted by Gasteiger charge is -2.44. The van der Waals surface area contributed by atoms with Crippen LogP contribution in [0.15, 0.2) is 0 Å². The van der Waals surface area contributed by atoms with Gasteiger partial charge in [-0.25, -0.2) is 0 Å². The van der Waals surface area contributed by atoms with Crippen LogP contribution in [0, 0.1) is 0 Å². The number of hydrogen-bond donors (Lipinski definition) is 4. The maximum Gasteiger partial charge on any atom is 0.231 e. The van der Waals surface area contributed by atoms with Crippen LogP contribution in [0.25, 0.3) is 0 Å². The van der Waals surface area contributed by atoms with Crippen LogP contribution in [0.1, 0.15) is 78.1 Å². The number of carbonyl (C=O) groups is 2. The number of nitrogens with two attached hydrogens (primary N) is 2. The number of fused-ring (bicyclic) bond motifs is 2. The molecule has 32 heavy (non-hydrogen) atoms. The summed E-state index contributed by atoms with van der Waals surface area (Å²) in [6.07, 6.45) is 11.3. The van der Waals surface area contributed by atoms with Crippen molar-refractivity contribution in [3.05, 3.63) is 0 Å². The zero-order chi connectivity index (χ0) is 23.1. The van der Waals surface area contributed by atoms with E-state index in [1.807, 2.05) is 0 Å². The monoisotopic (exact) mass is 450 g/mol. The van der Waals surface area contributed by atoms with Crippen molar-refractivity contribution in [2.45, 2.75) is 114 Å². The Morgan fingerprint density at radius 3 is 1.44 bits per heavy atom. The lowest BCUT2D eigenvalue weighted by atomic mass is 9.87. The van der Waals surface area contributed by atoms with Gasteiger partial charge in [-0.15, -0.1) is 0 Å². The molecule has 0 unspecified atom stereocenters. The highest BCUT2D eigenvalue weighted by Crippen LogP contribution is 2.27. The van der Waals surface area contributed by atoms with Crippen molar-refractivity contribution in [2.75, 3.05) is 26.2 Å². The van der Waals surface area contributed by atoms with Crippen molar-refractivity contribution >= 4 is 11.8 Å². The van der Waals surface area contributed by atoms with Crippen LogP contribution in [-0.2, 0) is 9.59 Å². The van der Waals surface area contributed by atoms with Crippen LogP contribution in [0.4, 0.5) is 0 Å². The van der Waals surface area contributed by atoms with Crippen molar-refractivity contribution < 1.29 is 9.59 Å². The number of amides is 2. The fraction of sp³-hybridized carbons (Fsp3) is 0.917. The van der Waals surface area contributed by atoms with Crippen LogP contribution in [0.2, 0.25) is 0 Å². The Morgan fingerprint density at radius 1 is 0.688 bits per heavy atom. The normalized spacial score (nSPS) is 36.4. The fourth-order valence-electron chi connectivity index (χ4n) is 6.23. The number of primary amides is 2. The smallest absolute Gasteiger partial charge is 0.231 e. The fourth-order valence-corrected chi connectivity index (χ4v) is 6.23. The first-order valence-electron chi connectivity index (χ1n) is 12.9. The maximum absolute atomic E-state index is 11.9. The Morgan fingerprint density at radius 2 is 1.06 bits per heavy atom. The van der Waals surface area contributed by atoms with Gasteiger partial charge in [-0.05, 0) is 52.4 Å². The Kier molecular flexibility index (Phi) is 9.77. The molecule has 6 N–H and O–H groups in total. The quantitative estimate of drug-likeness (QED) is 0.506. The summed E-state index contributed by atoms with van der Waals surface area (Å²) in [5, 5.41) is 7.76. The lowest BCUT2D eigenvalue weighted by molar-refractivity contribution is -0.121. The third-order valence-electron chi connectivity index (χ3n) is 7.81. The van der Waals surface area contributed by atoms with Crippen LogP contribution >= 0.6 is 0 Å². The van der Waals surface area contributed by atoms with E-state index in [1.165, 1.54) is 25.7 Å². The Hall–Kier alpha value is -1.22. The van der Waals surface area contributed by atoms with Gasteiger partial charge in [0.05, 0.1) is 13.1 Å². The molecule has 2 amide bonds. The van der Waals surface area contributed by atoms with E-state index in [2.05, 4.69) is 34.3 Å². The summed E-state index contributed by atoms with van der Waals surface area (Å²) >= 11 is 0. The third-order valence-corrected chi connectivity index (χ3v) is 7.81. The van der Waals surface area contributed by atoms with Crippen molar-refractivity contribution in [2.24, 2.45) is 11.5 Å². The van der Waals surface area contributed by atoms with Crippen LogP contribution in [-0.4, -0.2) is 84.0 Å². The van der Waals surface area contributed by atoms with Crippen LogP contribution < -0.4 is 22.1 Å². The first-order chi connectivity index (χ1) is 15.3. The summed E-state index contributed by atoms with van der Waals surface area (Å²) in [6.45, 7) is 6.91. The minimum absolute atomic E-state index is 0.237. The molecule has 0 aromatic rings.